The van der Waals surface area contributed by atoms with E-state index in [-0.39, 0.29) is 42.6 Å². The Kier molecular flexibility index (Phi) is 6.60. The van der Waals surface area contributed by atoms with Crippen LogP contribution >= 0.6 is 0 Å². The van der Waals surface area contributed by atoms with Gasteiger partial charge < -0.3 is 9.64 Å². The molecule has 0 aromatic carbocycles. The van der Waals surface area contributed by atoms with E-state index in [0.29, 0.717) is 25.3 Å². The van der Waals surface area contributed by atoms with Crippen molar-refractivity contribution in [2.24, 2.45) is 11.8 Å². The van der Waals surface area contributed by atoms with Crippen molar-refractivity contribution in [1.82, 2.24) is 19.8 Å². The number of rotatable bonds is 7. The Morgan fingerprint density at radius 2 is 1.65 bits per heavy atom. The normalized spacial score (nSPS) is 24.9. The average molecular weight is 428 g/mol. The molecule has 1 unspecified atom stereocenters. The van der Waals surface area contributed by atoms with Crippen molar-refractivity contribution in [3.8, 4) is 0 Å². The highest BCUT2D eigenvalue weighted by molar-refractivity contribution is 6.05. The van der Waals surface area contributed by atoms with Gasteiger partial charge in [0.25, 0.3) is 0 Å². The SMILES string of the molecule is CCC(=O)OC(CN1CCN(c2ncccn2)CC1)CN1C(=O)[C@H]2CC=CC[C@H]2C1=O. The quantitative estimate of drug-likeness (QED) is 0.359. The Morgan fingerprint density at radius 1 is 1.03 bits per heavy atom. The van der Waals surface area contributed by atoms with E-state index in [1.165, 1.54) is 4.90 Å². The molecular weight excluding hydrogens is 398 g/mol. The molecule has 2 saturated heterocycles. The number of fused-ring (bicyclic) bond motifs is 1. The van der Waals surface area contributed by atoms with Crippen LogP contribution in [0.4, 0.5) is 5.95 Å². The predicted octanol–water partition coefficient (Wildman–Crippen LogP) is 0.872. The number of hydrogen-bond donors (Lipinski definition) is 0. The Morgan fingerprint density at radius 3 is 2.23 bits per heavy atom. The number of hydrogen-bond acceptors (Lipinski definition) is 8. The highest BCUT2D eigenvalue weighted by Crippen LogP contribution is 2.35. The van der Waals surface area contributed by atoms with Crippen molar-refractivity contribution in [3.05, 3.63) is 30.6 Å². The number of esters is 1. The van der Waals surface area contributed by atoms with Gasteiger partial charge in [-0.15, -0.1) is 0 Å². The van der Waals surface area contributed by atoms with Gasteiger partial charge in [0.15, 0.2) is 0 Å². The first-order chi connectivity index (χ1) is 15.1. The van der Waals surface area contributed by atoms with E-state index in [0.717, 1.165) is 26.2 Å². The molecule has 2 amide bonds. The van der Waals surface area contributed by atoms with Gasteiger partial charge in [-0.3, -0.25) is 24.2 Å². The number of imide groups is 1. The van der Waals surface area contributed by atoms with Crippen molar-refractivity contribution in [3.63, 3.8) is 0 Å². The minimum absolute atomic E-state index is 0.123. The lowest BCUT2D eigenvalue weighted by Crippen LogP contribution is -2.51. The number of allylic oxidation sites excluding steroid dienone is 2. The van der Waals surface area contributed by atoms with E-state index in [1.54, 1.807) is 25.4 Å². The molecule has 3 aliphatic rings. The van der Waals surface area contributed by atoms with Gasteiger partial charge in [0.1, 0.15) is 6.10 Å². The number of likely N-dealkylation sites (tertiary alicyclic amines) is 1. The summed E-state index contributed by atoms with van der Waals surface area (Å²) in [5, 5.41) is 0. The van der Waals surface area contributed by atoms with Crippen LogP contribution in [0.1, 0.15) is 26.2 Å². The third-order valence-corrected chi connectivity index (χ3v) is 6.24. The predicted molar refractivity (Wildman–Crippen MR) is 113 cm³/mol. The molecule has 2 fully saturated rings. The molecule has 0 saturated carbocycles. The van der Waals surface area contributed by atoms with Crippen molar-refractivity contribution < 1.29 is 19.1 Å². The first kappa shape index (κ1) is 21.4. The molecule has 0 bridgehead atoms. The molecule has 9 heteroatoms. The largest absolute Gasteiger partial charge is 0.459 e. The number of aromatic nitrogens is 2. The number of amides is 2. The Hall–Kier alpha value is -2.81. The summed E-state index contributed by atoms with van der Waals surface area (Å²) < 4.78 is 5.65. The van der Waals surface area contributed by atoms with Gasteiger partial charge in [0.05, 0.1) is 18.4 Å². The highest BCUT2D eigenvalue weighted by Gasteiger charge is 2.48. The van der Waals surface area contributed by atoms with Gasteiger partial charge in [-0.2, -0.15) is 0 Å². The molecule has 3 atom stereocenters. The van der Waals surface area contributed by atoms with Crippen molar-refractivity contribution in [2.45, 2.75) is 32.3 Å². The molecule has 1 aromatic rings. The topological polar surface area (TPSA) is 95.9 Å². The Balaban J connectivity index is 1.38. The van der Waals surface area contributed by atoms with Gasteiger partial charge >= 0.3 is 5.97 Å². The first-order valence-corrected chi connectivity index (χ1v) is 11.0. The summed E-state index contributed by atoms with van der Waals surface area (Å²) in [6.07, 6.45) is 8.34. The zero-order chi connectivity index (χ0) is 21.8. The number of carbonyl (C=O) groups excluding carboxylic acids is 3. The molecule has 3 heterocycles. The Labute approximate surface area is 182 Å². The van der Waals surface area contributed by atoms with Gasteiger partial charge in [0, 0.05) is 51.5 Å². The lowest BCUT2D eigenvalue weighted by Gasteiger charge is -2.36. The number of anilines is 1. The highest BCUT2D eigenvalue weighted by atomic mass is 16.5. The molecular formula is C22H29N5O4. The van der Waals surface area contributed by atoms with Gasteiger partial charge in [-0.05, 0) is 18.9 Å². The monoisotopic (exact) mass is 427 g/mol. The summed E-state index contributed by atoms with van der Waals surface area (Å²) in [6.45, 7) is 5.39. The van der Waals surface area contributed by atoms with E-state index < -0.39 is 6.10 Å². The van der Waals surface area contributed by atoms with E-state index in [1.807, 2.05) is 12.2 Å². The fraction of sp³-hybridized carbons (Fsp3) is 0.591. The number of piperazine rings is 1. The summed E-state index contributed by atoms with van der Waals surface area (Å²) in [4.78, 5) is 51.9. The maximum absolute atomic E-state index is 12.8. The first-order valence-electron chi connectivity index (χ1n) is 11.0. The lowest BCUT2D eigenvalue weighted by molar-refractivity contribution is -0.155. The summed E-state index contributed by atoms with van der Waals surface area (Å²) in [6, 6.07) is 1.79. The minimum Gasteiger partial charge on any atom is -0.459 e. The number of carbonyl (C=O) groups is 3. The Bertz CT molecular complexity index is 812. The van der Waals surface area contributed by atoms with Crippen LogP contribution in [0.5, 0.6) is 0 Å². The van der Waals surface area contributed by atoms with Crippen LogP contribution in [-0.4, -0.2) is 82.9 Å². The van der Waals surface area contributed by atoms with Crippen LogP contribution in [0.2, 0.25) is 0 Å². The minimum atomic E-state index is -0.534. The van der Waals surface area contributed by atoms with E-state index in [9.17, 15) is 14.4 Å². The van der Waals surface area contributed by atoms with Crippen LogP contribution in [0.25, 0.3) is 0 Å². The summed E-state index contributed by atoms with van der Waals surface area (Å²) in [7, 11) is 0. The molecule has 4 rings (SSSR count). The van der Waals surface area contributed by atoms with Crippen molar-refractivity contribution >= 4 is 23.7 Å². The summed E-state index contributed by atoms with van der Waals surface area (Å²) in [5.41, 5.74) is 0. The number of nitrogens with zero attached hydrogens (tertiary/aromatic N) is 5. The second-order valence-electron chi connectivity index (χ2n) is 8.24. The van der Waals surface area contributed by atoms with E-state index in [4.69, 9.17) is 4.74 Å². The van der Waals surface area contributed by atoms with Crippen molar-refractivity contribution in [2.75, 3.05) is 44.2 Å². The molecule has 0 N–H and O–H groups in total. The van der Waals surface area contributed by atoms with Gasteiger partial charge in [-0.1, -0.05) is 19.1 Å². The molecule has 0 radical (unpaired) electrons. The van der Waals surface area contributed by atoms with Gasteiger partial charge in [0.2, 0.25) is 17.8 Å². The molecule has 1 aliphatic carbocycles. The van der Waals surface area contributed by atoms with E-state index >= 15 is 0 Å². The molecule has 0 spiro atoms. The zero-order valence-electron chi connectivity index (χ0n) is 17.9. The third kappa shape index (κ3) is 4.76. The second-order valence-corrected chi connectivity index (χ2v) is 8.24. The lowest BCUT2D eigenvalue weighted by atomic mass is 9.85. The smallest absolute Gasteiger partial charge is 0.305 e. The molecule has 166 valence electrons. The van der Waals surface area contributed by atoms with Gasteiger partial charge in [-0.25, -0.2) is 9.97 Å². The van der Waals surface area contributed by atoms with Crippen LogP contribution in [0.15, 0.2) is 30.6 Å². The fourth-order valence-corrected chi connectivity index (χ4v) is 4.53. The molecule has 9 nitrogen and oxygen atoms in total. The van der Waals surface area contributed by atoms with Crippen LogP contribution < -0.4 is 4.90 Å². The van der Waals surface area contributed by atoms with E-state index in [2.05, 4.69) is 19.8 Å². The second kappa shape index (κ2) is 9.55. The van der Waals surface area contributed by atoms with Crippen LogP contribution in [-0.2, 0) is 19.1 Å². The van der Waals surface area contributed by atoms with Crippen molar-refractivity contribution in [1.29, 1.82) is 0 Å². The zero-order valence-corrected chi connectivity index (χ0v) is 17.9. The van der Waals surface area contributed by atoms with Crippen LogP contribution in [0, 0.1) is 11.8 Å². The van der Waals surface area contributed by atoms with Crippen LogP contribution in [0.3, 0.4) is 0 Å². The summed E-state index contributed by atoms with van der Waals surface area (Å²) in [5.74, 6) is -0.421. The third-order valence-electron chi connectivity index (χ3n) is 6.24. The fourth-order valence-electron chi connectivity index (χ4n) is 4.53. The molecule has 1 aromatic heterocycles. The standard InChI is InChI=1S/C22H29N5O4/c1-2-19(28)31-16(15-27-20(29)17-6-3-4-7-18(17)21(27)30)14-25-10-12-26(13-11-25)22-23-8-5-9-24-22/h3-5,8-9,16-18H,2,6-7,10-15H2,1H3/t16?,17-,18+. The summed E-state index contributed by atoms with van der Waals surface area (Å²) >= 11 is 0. The average Bonchev–Trinajstić information content (AvgIpc) is 3.05. The number of ether oxygens (including phenoxy) is 1. The maximum atomic E-state index is 12.8. The maximum Gasteiger partial charge on any atom is 0.305 e. The molecule has 31 heavy (non-hydrogen) atoms. The molecule has 2 aliphatic heterocycles.